The summed E-state index contributed by atoms with van der Waals surface area (Å²) in [7, 11) is -0.674. The van der Waals surface area contributed by atoms with E-state index in [0.29, 0.717) is 24.9 Å². The van der Waals surface area contributed by atoms with Crippen LogP contribution in [0.4, 0.5) is 0 Å². The fourth-order valence-corrected chi connectivity index (χ4v) is 4.06. The molecule has 7 heteroatoms. The van der Waals surface area contributed by atoms with E-state index in [9.17, 15) is 13.2 Å². The summed E-state index contributed by atoms with van der Waals surface area (Å²) in [5, 5.41) is 0. The number of carbonyl (C=O) groups is 1. The second-order valence-corrected chi connectivity index (χ2v) is 7.45. The van der Waals surface area contributed by atoms with Crippen LogP contribution in [0.15, 0.2) is 0 Å². The SMILES string of the molecule is COC(=O)CCN(C)S(=O)(=O)N1CC(C)CC(C)C1. The maximum atomic E-state index is 12.4. The van der Waals surface area contributed by atoms with Crippen molar-refractivity contribution in [3.05, 3.63) is 0 Å². The summed E-state index contributed by atoms with van der Waals surface area (Å²) in [4.78, 5) is 11.1. The van der Waals surface area contributed by atoms with Crippen LogP contribution in [0.3, 0.4) is 0 Å². The van der Waals surface area contributed by atoms with Crippen LogP contribution in [0, 0.1) is 11.8 Å². The zero-order valence-corrected chi connectivity index (χ0v) is 12.9. The molecule has 1 saturated heterocycles. The first kappa shape index (κ1) is 16.4. The fourth-order valence-electron chi connectivity index (χ4n) is 2.46. The molecule has 0 bridgehead atoms. The number of methoxy groups -OCH3 is 1. The predicted molar refractivity (Wildman–Crippen MR) is 72.7 cm³/mol. The molecule has 2 atom stereocenters. The highest BCUT2D eigenvalue weighted by Crippen LogP contribution is 2.24. The average molecular weight is 292 g/mol. The molecule has 112 valence electrons. The van der Waals surface area contributed by atoms with Gasteiger partial charge in [0.1, 0.15) is 0 Å². The summed E-state index contributed by atoms with van der Waals surface area (Å²) in [6.45, 7) is 5.37. The van der Waals surface area contributed by atoms with Gasteiger partial charge in [-0.25, -0.2) is 0 Å². The molecule has 1 aliphatic rings. The lowest BCUT2D eigenvalue weighted by atomic mass is 9.94. The molecule has 0 spiro atoms. The van der Waals surface area contributed by atoms with Crippen molar-refractivity contribution in [3.63, 3.8) is 0 Å². The molecule has 0 aromatic rings. The second-order valence-electron chi connectivity index (χ2n) is 5.42. The summed E-state index contributed by atoms with van der Waals surface area (Å²) < 4.78 is 32.0. The largest absolute Gasteiger partial charge is 0.469 e. The van der Waals surface area contributed by atoms with Gasteiger partial charge in [0.25, 0.3) is 10.2 Å². The van der Waals surface area contributed by atoms with Crippen molar-refractivity contribution in [2.75, 3.05) is 33.8 Å². The lowest BCUT2D eigenvalue weighted by Crippen LogP contribution is -2.48. The molecule has 2 unspecified atom stereocenters. The molecular weight excluding hydrogens is 268 g/mol. The monoisotopic (exact) mass is 292 g/mol. The minimum Gasteiger partial charge on any atom is -0.469 e. The van der Waals surface area contributed by atoms with Crippen LogP contribution in [0.5, 0.6) is 0 Å². The fraction of sp³-hybridized carbons (Fsp3) is 0.917. The van der Waals surface area contributed by atoms with E-state index in [4.69, 9.17) is 0 Å². The Kier molecular flexibility index (Phi) is 5.76. The van der Waals surface area contributed by atoms with Gasteiger partial charge in [-0.3, -0.25) is 4.79 Å². The van der Waals surface area contributed by atoms with Gasteiger partial charge in [-0.15, -0.1) is 0 Å². The number of rotatable bonds is 5. The standard InChI is InChI=1S/C12H24N2O4S/c1-10-7-11(2)9-14(8-10)19(16,17)13(3)6-5-12(15)18-4/h10-11H,5-9H2,1-4H3. The van der Waals surface area contributed by atoms with Crippen molar-refractivity contribution in [2.45, 2.75) is 26.7 Å². The highest BCUT2D eigenvalue weighted by Gasteiger charge is 2.33. The third-order valence-corrected chi connectivity index (χ3v) is 5.34. The Bertz CT molecular complexity index is 400. The Morgan fingerprint density at radius 3 is 2.32 bits per heavy atom. The maximum absolute atomic E-state index is 12.4. The first-order valence-corrected chi connectivity index (χ1v) is 7.95. The van der Waals surface area contributed by atoms with E-state index in [1.54, 1.807) is 0 Å². The third kappa shape index (κ3) is 4.43. The first-order valence-electron chi connectivity index (χ1n) is 6.55. The molecule has 0 radical (unpaired) electrons. The van der Waals surface area contributed by atoms with Crippen molar-refractivity contribution < 1.29 is 17.9 Å². The molecule has 0 aromatic heterocycles. The molecule has 1 aliphatic heterocycles. The van der Waals surface area contributed by atoms with Crippen molar-refractivity contribution in [2.24, 2.45) is 11.8 Å². The molecule has 0 N–H and O–H groups in total. The number of carbonyl (C=O) groups excluding carboxylic acids is 1. The number of piperidine rings is 1. The molecule has 6 nitrogen and oxygen atoms in total. The smallest absolute Gasteiger partial charge is 0.306 e. The average Bonchev–Trinajstić information content (AvgIpc) is 2.34. The van der Waals surface area contributed by atoms with Gasteiger partial charge in [0.05, 0.1) is 13.5 Å². The van der Waals surface area contributed by atoms with Gasteiger partial charge in [0.2, 0.25) is 0 Å². The Hall–Kier alpha value is -0.660. The summed E-state index contributed by atoms with van der Waals surface area (Å²) in [5.41, 5.74) is 0. The Labute approximate surface area is 115 Å². The van der Waals surface area contributed by atoms with Crippen LogP contribution in [-0.2, 0) is 19.7 Å². The highest BCUT2D eigenvalue weighted by molar-refractivity contribution is 7.86. The number of ether oxygens (including phenoxy) is 1. The molecule has 0 aromatic carbocycles. The molecule has 19 heavy (non-hydrogen) atoms. The van der Waals surface area contributed by atoms with Gasteiger partial charge in [0, 0.05) is 26.7 Å². The van der Waals surface area contributed by atoms with E-state index in [-0.39, 0.29) is 13.0 Å². The van der Waals surface area contributed by atoms with Gasteiger partial charge >= 0.3 is 5.97 Å². The van der Waals surface area contributed by atoms with Crippen LogP contribution in [0.25, 0.3) is 0 Å². The zero-order chi connectivity index (χ0) is 14.6. The first-order chi connectivity index (χ1) is 8.77. The van der Waals surface area contributed by atoms with Crippen molar-refractivity contribution >= 4 is 16.2 Å². The van der Waals surface area contributed by atoms with Gasteiger partial charge in [0.15, 0.2) is 0 Å². The lowest BCUT2D eigenvalue weighted by molar-refractivity contribution is -0.140. The molecule has 0 saturated carbocycles. The van der Waals surface area contributed by atoms with Gasteiger partial charge in [-0.05, 0) is 18.3 Å². The van der Waals surface area contributed by atoms with Crippen LogP contribution in [0.2, 0.25) is 0 Å². The summed E-state index contributed by atoms with van der Waals surface area (Å²) in [6.07, 6.45) is 1.13. The molecule has 1 rings (SSSR count). The number of esters is 1. The Morgan fingerprint density at radius 1 is 1.32 bits per heavy atom. The van der Waals surface area contributed by atoms with Crippen molar-refractivity contribution in [1.82, 2.24) is 8.61 Å². The van der Waals surface area contributed by atoms with E-state index >= 15 is 0 Å². The minimum absolute atomic E-state index is 0.0746. The van der Waals surface area contributed by atoms with Crippen molar-refractivity contribution in [1.29, 1.82) is 0 Å². The minimum atomic E-state index is -3.47. The third-order valence-electron chi connectivity index (χ3n) is 3.41. The van der Waals surface area contributed by atoms with E-state index in [1.807, 2.05) is 0 Å². The van der Waals surface area contributed by atoms with Gasteiger partial charge in [-0.2, -0.15) is 17.0 Å². The molecule has 1 heterocycles. The number of hydrogen-bond acceptors (Lipinski definition) is 4. The van der Waals surface area contributed by atoms with E-state index in [0.717, 1.165) is 6.42 Å². The lowest BCUT2D eigenvalue weighted by Gasteiger charge is -2.36. The Morgan fingerprint density at radius 2 is 1.84 bits per heavy atom. The van der Waals surface area contributed by atoms with E-state index in [2.05, 4.69) is 18.6 Å². The predicted octanol–water partition coefficient (Wildman–Crippen LogP) is 0.704. The quantitative estimate of drug-likeness (QED) is 0.700. The number of hydrogen-bond donors (Lipinski definition) is 0. The second kappa shape index (κ2) is 6.67. The van der Waals surface area contributed by atoms with Crippen LogP contribution < -0.4 is 0 Å². The number of nitrogens with zero attached hydrogens (tertiary/aromatic N) is 2. The van der Waals surface area contributed by atoms with E-state index in [1.165, 1.54) is 22.8 Å². The van der Waals surface area contributed by atoms with Gasteiger partial charge in [-0.1, -0.05) is 13.8 Å². The molecule has 0 aliphatic carbocycles. The molecule has 0 amide bonds. The maximum Gasteiger partial charge on any atom is 0.306 e. The van der Waals surface area contributed by atoms with Gasteiger partial charge < -0.3 is 4.74 Å². The van der Waals surface area contributed by atoms with Crippen molar-refractivity contribution in [3.8, 4) is 0 Å². The molecular formula is C12H24N2O4S. The Balaban J connectivity index is 2.65. The summed E-state index contributed by atoms with van der Waals surface area (Å²) >= 11 is 0. The summed E-state index contributed by atoms with van der Waals surface area (Å²) in [5.74, 6) is 0.336. The van der Waals surface area contributed by atoms with Crippen LogP contribution >= 0.6 is 0 Å². The zero-order valence-electron chi connectivity index (χ0n) is 12.1. The van der Waals surface area contributed by atoms with E-state index < -0.39 is 16.2 Å². The normalized spacial score (nSPS) is 25.5. The topological polar surface area (TPSA) is 66.9 Å². The van der Waals surface area contributed by atoms with Crippen LogP contribution in [-0.4, -0.2) is 56.8 Å². The van der Waals surface area contributed by atoms with Crippen LogP contribution in [0.1, 0.15) is 26.7 Å². The summed E-state index contributed by atoms with van der Waals surface area (Å²) in [6, 6.07) is 0. The molecule has 1 fully saturated rings. The highest BCUT2D eigenvalue weighted by atomic mass is 32.2.